The number of likely N-dealkylation sites (tertiary alicyclic amines) is 1. The van der Waals surface area contributed by atoms with E-state index in [-0.39, 0.29) is 12.1 Å². The summed E-state index contributed by atoms with van der Waals surface area (Å²) in [5.41, 5.74) is 5.74. The number of piperidine rings is 1. The van der Waals surface area contributed by atoms with E-state index in [0.717, 1.165) is 18.9 Å². The Balaban J connectivity index is 1.85. The first-order valence-corrected chi connectivity index (χ1v) is 6.60. The summed E-state index contributed by atoms with van der Waals surface area (Å²) >= 11 is 0. The Labute approximate surface area is 103 Å². The Morgan fingerprint density at radius 3 is 2.41 bits per heavy atom. The van der Waals surface area contributed by atoms with Crippen molar-refractivity contribution in [2.45, 2.75) is 51.7 Å². The minimum atomic E-state index is -0.422. The molecule has 0 unspecified atom stereocenters. The number of nitrogens with two attached hydrogens (primary N) is 1. The molecule has 1 saturated carbocycles. The van der Waals surface area contributed by atoms with Crippen LogP contribution in [0.4, 0.5) is 4.79 Å². The van der Waals surface area contributed by atoms with Crippen LogP contribution in [0.15, 0.2) is 0 Å². The third-order valence-corrected chi connectivity index (χ3v) is 3.59. The molecular weight excluding hydrogens is 216 g/mol. The van der Waals surface area contributed by atoms with Crippen molar-refractivity contribution in [1.29, 1.82) is 0 Å². The van der Waals surface area contributed by atoms with Crippen molar-refractivity contribution in [3.05, 3.63) is 0 Å². The van der Waals surface area contributed by atoms with Gasteiger partial charge in [0.1, 0.15) is 5.60 Å². The molecule has 1 heterocycles. The van der Waals surface area contributed by atoms with E-state index in [4.69, 9.17) is 10.5 Å². The van der Waals surface area contributed by atoms with Gasteiger partial charge in [0.25, 0.3) is 0 Å². The quantitative estimate of drug-likeness (QED) is 0.762. The van der Waals surface area contributed by atoms with Crippen LogP contribution < -0.4 is 5.73 Å². The van der Waals surface area contributed by atoms with Gasteiger partial charge in [-0.1, -0.05) is 0 Å². The van der Waals surface area contributed by atoms with Gasteiger partial charge in [-0.3, -0.25) is 0 Å². The SMILES string of the molecule is CC(C)(C)OC(=O)N1CC[C@@H](C2CC2)[C@H](N)C1. The number of ether oxygens (including phenoxy) is 1. The maximum atomic E-state index is 11.9. The van der Waals surface area contributed by atoms with Crippen LogP contribution in [0.5, 0.6) is 0 Å². The summed E-state index contributed by atoms with van der Waals surface area (Å²) in [5, 5.41) is 0. The van der Waals surface area contributed by atoms with E-state index >= 15 is 0 Å². The molecule has 0 spiro atoms. The fourth-order valence-corrected chi connectivity index (χ4v) is 2.60. The van der Waals surface area contributed by atoms with Crippen LogP contribution in [0.25, 0.3) is 0 Å². The van der Waals surface area contributed by atoms with Gasteiger partial charge in [-0.2, -0.15) is 0 Å². The van der Waals surface area contributed by atoms with Crippen molar-refractivity contribution in [1.82, 2.24) is 4.90 Å². The summed E-state index contributed by atoms with van der Waals surface area (Å²) in [4.78, 5) is 13.7. The first-order valence-electron chi connectivity index (χ1n) is 6.60. The van der Waals surface area contributed by atoms with Gasteiger partial charge in [0.2, 0.25) is 0 Å². The molecule has 2 N–H and O–H groups in total. The van der Waals surface area contributed by atoms with Crippen LogP contribution in [0, 0.1) is 11.8 Å². The van der Waals surface area contributed by atoms with Crippen molar-refractivity contribution >= 4 is 6.09 Å². The van der Waals surface area contributed by atoms with E-state index in [9.17, 15) is 4.79 Å². The summed E-state index contributed by atoms with van der Waals surface area (Å²) in [6.07, 6.45) is 3.46. The Bertz CT molecular complexity index is 294. The zero-order valence-corrected chi connectivity index (χ0v) is 11.1. The van der Waals surface area contributed by atoms with E-state index in [1.165, 1.54) is 12.8 Å². The van der Waals surface area contributed by atoms with Crippen LogP contribution in [0.2, 0.25) is 0 Å². The Kier molecular flexibility index (Phi) is 3.34. The van der Waals surface area contributed by atoms with E-state index in [1.807, 2.05) is 20.8 Å². The Morgan fingerprint density at radius 1 is 1.29 bits per heavy atom. The molecule has 0 aromatic rings. The second-order valence-corrected chi connectivity index (χ2v) is 6.38. The normalized spacial score (nSPS) is 30.2. The molecule has 4 heteroatoms. The molecule has 1 amide bonds. The minimum absolute atomic E-state index is 0.128. The lowest BCUT2D eigenvalue weighted by Gasteiger charge is -2.37. The van der Waals surface area contributed by atoms with E-state index in [1.54, 1.807) is 4.90 Å². The van der Waals surface area contributed by atoms with Gasteiger partial charge < -0.3 is 15.4 Å². The summed E-state index contributed by atoms with van der Waals surface area (Å²) in [6.45, 7) is 7.12. The molecule has 17 heavy (non-hydrogen) atoms. The molecule has 0 radical (unpaired) electrons. The molecule has 2 rings (SSSR count). The Morgan fingerprint density at radius 2 is 1.94 bits per heavy atom. The second kappa shape index (κ2) is 4.48. The zero-order chi connectivity index (χ0) is 12.6. The largest absolute Gasteiger partial charge is 0.444 e. The smallest absolute Gasteiger partial charge is 0.410 e. The molecule has 0 aromatic carbocycles. The predicted octanol–water partition coefficient (Wildman–Crippen LogP) is 1.98. The highest BCUT2D eigenvalue weighted by atomic mass is 16.6. The van der Waals surface area contributed by atoms with Gasteiger partial charge in [-0.15, -0.1) is 0 Å². The van der Waals surface area contributed by atoms with Crippen molar-refractivity contribution in [3.8, 4) is 0 Å². The topological polar surface area (TPSA) is 55.6 Å². The fourth-order valence-electron chi connectivity index (χ4n) is 2.60. The third kappa shape index (κ3) is 3.35. The highest BCUT2D eigenvalue weighted by molar-refractivity contribution is 5.68. The molecule has 2 fully saturated rings. The van der Waals surface area contributed by atoms with Gasteiger partial charge in [-0.25, -0.2) is 4.79 Å². The van der Waals surface area contributed by atoms with Gasteiger partial charge in [0.15, 0.2) is 0 Å². The van der Waals surface area contributed by atoms with E-state index in [2.05, 4.69) is 0 Å². The first-order chi connectivity index (χ1) is 7.87. The van der Waals surface area contributed by atoms with Crippen molar-refractivity contribution in [3.63, 3.8) is 0 Å². The molecule has 0 aromatic heterocycles. The number of amides is 1. The van der Waals surface area contributed by atoms with Crippen LogP contribution in [-0.4, -0.2) is 35.7 Å². The number of nitrogens with zero attached hydrogens (tertiary/aromatic N) is 1. The summed E-state index contributed by atoms with van der Waals surface area (Å²) in [7, 11) is 0. The average molecular weight is 240 g/mol. The lowest BCUT2D eigenvalue weighted by Crippen LogP contribution is -2.52. The lowest BCUT2D eigenvalue weighted by molar-refractivity contribution is 0.0149. The number of carbonyl (C=O) groups is 1. The summed E-state index contributed by atoms with van der Waals surface area (Å²) in [5.74, 6) is 1.44. The van der Waals surface area contributed by atoms with Crippen molar-refractivity contribution < 1.29 is 9.53 Å². The lowest BCUT2D eigenvalue weighted by atomic mass is 9.88. The highest BCUT2D eigenvalue weighted by Crippen LogP contribution is 2.41. The van der Waals surface area contributed by atoms with Crippen LogP contribution in [0.1, 0.15) is 40.0 Å². The summed E-state index contributed by atoms with van der Waals surface area (Å²) < 4.78 is 5.37. The maximum absolute atomic E-state index is 11.9. The molecule has 1 aliphatic heterocycles. The van der Waals surface area contributed by atoms with Crippen molar-refractivity contribution in [2.24, 2.45) is 17.6 Å². The van der Waals surface area contributed by atoms with Crippen LogP contribution >= 0.6 is 0 Å². The second-order valence-electron chi connectivity index (χ2n) is 6.38. The molecule has 1 aliphatic carbocycles. The summed E-state index contributed by atoms with van der Waals surface area (Å²) in [6, 6.07) is 0.128. The zero-order valence-electron chi connectivity index (χ0n) is 11.1. The monoisotopic (exact) mass is 240 g/mol. The van der Waals surface area contributed by atoms with E-state index in [0.29, 0.717) is 12.5 Å². The number of hydrogen-bond donors (Lipinski definition) is 1. The van der Waals surface area contributed by atoms with Gasteiger partial charge in [0.05, 0.1) is 0 Å². The van der Waals surface area contributed by atoms with Crippen LogP contribution in [-0.2, 0) is 4.74 Å². The highest BCUT2D eigenvalue weighted by Gasteiger charge is 2.39. The molecule has 2 aliphatic rings. The average Bonchev–Trinajstić information content (AvgIpc) is 2.98. The van der Waals surface area contributed by atoms with Gasteiger partial charge >= 0.3 is 6.09 Å². The van der Waals surface area contributed by atoms with Crippen LogP contribution in [0.3, 0.4) is 0 Å². The number of rotatable bonds is 1. The van der Waals surface area contributed by atoms with Gasteiger partial charge in [0, 0.05) is 19.1 Å². The molecular formula is C13H24N2O2. The number of hydrogen-bond acceptors (Lipinski definition) is 3. The number of carbonyl (C=O) groups excluding carboxylic acids is 1. The van der Waals surface area contributed by atoms with Crippen molar-refractivity contribution in [2.75, 3.05) is 13.1 Å². The first kappa shape index (κ1) is 12.7. The molecule has 98 valence electrons. The predicted molar refractivity (Wildman–Crippen MR) is 66.6 cm³/mol. The maximum Gasteiger partial charge on any atom is 0.410 e. The molecule has 1 saturated heterocycles. The third-order valence-electron chi connectivity index (χ3n) is 3.59. The minimum Gasteiger partial charge on any atom is -0.444 e. The fraction of sp³-hybridized carbons (Fsp3) is 0.923. The molecule has 0 bridgehead atoms. The van der Waals surface area contributed by atoms with E-state index < -0.39 is 5.60 Å². The van der Waals surface area contributed by atoms with Gasteiger partial charge in [-0.05, 0) is 51.9 Å². The standard InChI is InChI=1S/C13H24N2O2/c1-13(2,3)17-12(16)15-7-6-10(9-4-5-9)11(14)8-15/h9-11H,4-8,14H2,1-3H3/t10-,11+/m0/s1. The Hall–Kier alpha value is -0.770. The molecule has 4 nitrogen and oxygen atoms in total. The molecule has 2 atom stereocenters.